The number of halogens is 4. The quantitative estimate of drug-likeness (QED) is 0.774. The van der Waals surface area contributed by atoms with Gasteiger partial charge in [0.25, 0.3) is 6.43 Å². The van der Waals surface area contributed by atoms with Gasteiger partial charge in [-0.1, -0.05) is 0 Å². The average molecular weight is 221 g/mol. The molecule has 1 aromatic carbocycles. The Kier molecular flexibility index (Phi) is 3.34. The normalized spacial score (nSPS) is 15.4. The number of alkyl halides is 2. The molecule has 0 fully saturated rings. The molecule has 15 heavy (non-hydrogen) atoms. The summed E-state index contributed by atoms with van der Waals surface area (Å²) in [4.78, 5) is 0. The molecule has 1 N–H and O–H groups in total. The van der Waals surface area contributed by atoms with Crippen LogP contribution in [-0.2, 0) is 5.54 Å². The zero-order valence-corrected chi connectivity index (χ0v) is 8.32. The molecule has 0 bridgehead atoms. The van der Waals surface area contributed by atoms with Gasteiger partial charge in [0.1, 0.15) is 17.2 Å². The van der Waals surface area contributed by atoms with Crippen molar-refractivity contribution in [2.24, 2.45) is 0 Å². The Hall–Kier alpha value is -1.10. The van der Waals surface area contributed by atoms with E-state index in [0.717, 1.165) is 25.1 Å². The summed E-state index contributed by atoms with van der Waals surface area (Å²) in [6.07, 6.45) is -2.83. The van der Waals surface area contributed by atoms with E-state index in [2.05, 4.69) is 5.32 Å². The predicted octanol–water partition coefficient (Wildman–Crippen LogP) is 2.66. The van der Waals surface area contributed by atoms with Gasteiger partial charge in [-0.2, -0.15) is 0 Å². The van der Waals surface area contributed by atoms with Crippen molar-refractivity contribution in [3.05, 3.63) is 35.4 Å². The highest BCUT2D eigenvalue weighted by Crippen LogP contribution is 2.30. The molecule has 1 rings (SSSR count). The number of benzene rings is 1. The lowest BCUT2D eigenvalue weighted by Gasteiger charge is -2.29. The molecular formula is C10H11F4N. The third kappa shape index (κ3) is 2.12. The molecule has 0 aliphatic heterocycles. The second-order valence-electron chi connectivity index (χ2n) is 3.38. The lowest BCUT2D eigenvalue weighted by molar-refractivity contribution is 0.0409. The van der Waals surface area contributed by atoms with E-state index in [1.54, 1.807) is 0 Å². The molecule has 1 atom stereocenters. The molecule has 0 radical (unpaired) electrons. The molecule has 1 aromatic rings. The summed E-state index contributed by atoms with van der Waals surface area (Å²) in [6.45, 7) is 1.12. The van der Waals surface area contributed by atoms with Crippen LogP contribution in [-0.4, -0.2) is 13.5 Å². The minimum Gasteiger partial charge on any atom is -0.306 e. The van der Waals surface area contributed by atoms with E-state index in [0.29, 0.717) is 0 Å². The molecule has 0 aromatic heterocycles. The Morgan fingerprint density at radius 3 is 2.33 bits per heavy atom. The molecular weight excluding hydrogens is 210 g/mol. The van der Waals surface area contributed by atoms with Gasteiger partial charge in [0.15, 0.2) is 0 Å². The second kappa shape index (κ2) is 4.18. The van der Waals surface area contributed by atoms with Gasteiger partial charge in [0.2, 0.25) is 0 Å². The first-order valence-electron chi connectivity index (χ1n) is 4.34. The van der Waals surface area contributed by atoms with Gasteiger partial charge in [0.05, 0.1) is 0 Å². The van der Waals surface area contributed by atoms with Crippen LogP contribution in [0.3, 0.4) is 0 Å². The summed E-state index contributed by atoms with van der Waals surface area (Å²) in [7, 11) is 1.27. The van der Waals surface area contributed by atoms with Gasteiger partial charge in [-0.15, -0.1) is 0 Å². The third-order valence-electron chi connectivity index (χ3n) is 2.44. The molecule has 0 spiro atoms. The van der Waals surface area contributed by atoms with Crippen LogP contribution in [0.5, 0.6) is 0 Å². The standard InChI is InChI=1S/C10H11F4N/c1-10(15-2,9(13)14)7-5-6(11)3-4-8(7)12/h3-5,9,15H,1-2H3. The highest BCUT2D eigenvalue weighted by molar-refractivity contribution is 5.27. The summed E-state index contributed by atoms with van der Waals surface area (Å²) in [5, 5.41) is 2.31. The first-order chi connectivity index (χ1) is 6.91. The van der Waals surface area contributed by atoms with E-state index in [1.807, 2.05) is 0 Å². The minimum absolute atomic E-state index is 0.375. The molecule has 0 saturated heterocycles. The van der Waals surface area contributed by atoms with E-state index in [9.17, 15) is 17.6 Å². The SMILES string of the molecule is CNC(C)(c1cc(F)ccc1F)C(F)F. The van der Waals surface area contributed by atoms with Crippen LogP contribution in [0.25, 0.3) is 0 Å². The van der Waals surface area contributed by atoms with Crippen molar-refractivity contribution in [1.29, 1.82) is 0 Å². The number of nitrogens with one attached hydrogen (secondary N) is 1. The maximum absolute atomic E-state index is 13.3. The highest BCUT2D eigenvalue weighted by atomic mass is 19.3. The average Bonchev–Trinajstić information content (AvgIpc) is 2.20. The van der Waals surface area contributed by atoms with E-state index in [-0.39, 0.29) is 5.56 Å². The lowest BCUT2D eigenvalue weighted by Crippen LogP contribution is -2.44. The summed E-state index contributed by atoms with van der Waals surface area (Å²) in [5.41, 5.74) is -2.26. The van der Waals surface area contributed by atoms with Gasteiger partial charge in [-0.3, -0.25) is 0 Å². The molecule has 1 nitrogen and oxygen atoms in total. The van der Waals surface area contributed by atoms with Gasteiger partial charge < -0.3 is 5.32 Å². The highest BCUT2D eigenvalue weighted by Gasteiger charge is 2.37. The maximum Gasteiger partial charge on any atom is 0.260 e. The fourth-order valence-corrected chi connectivity index (χ4v) is 1.26. The van der Waals surface area contributed by atoms with Crippen molar-refractivity contribution in [1.82, 2.24) is 5.32 Å². The number of hydrogen-bond donors (Lipinski definition) is 1. The largest absolute Gasteiger partial charge is 0.306 e. The molecule has 0 heterocycles. The van der Waals surface area contributed by atoms with Crippen molar-refractivity contribution in [2.45, 2.75) is 18.9 Å². The fraction of sp³-hybridized carbons (Fsp3) is 0.400. The first kappa shape index (κ1) is 12.0. The summed E-state index contributed by atoms with van der Waals surface area (Å²) in [6, 6.07) is 2.50. The molecule has 84 valence electrons. The van der Waals surface area contributed by atoms with Crippen molar-refractivity contribution in [3.63, 3.8) is 0 Å². The number of hydrogen-bond acceptors (Lipinski definition) is 1. The lowest BCUT2D eigenvalue weighted by atomic mass is 9.92. The maximum atomic E-state index is 13.3. The van der Waals surface area contributed by atoms with Gasteiger partial charge in [0, 0.05) is 5.56 Å². The molecule has 1 unspecified atom stereocenters. The first-order valence-corrected chi connectivity index (χ1v) is 4.34. The Balaban J connectivity index is 3.29. The van der Waals surface area contributed by atoms with Crippen LogP contribution in [0, 0.1) is 11.6 Å². The minimum atomic E-state index is -2.83. The molecule has 0 aliphatic rings. The zero-order chi connectivity index (χ0) is 11.6. The van der Waals surface area contributed by atoms with Crippen LogP contribution in [0.1, 0.15) is 12.5 Å². The van der Waals surface area contributed by atoms with Crippen LogP contribution < -0.4 is 5.32 Å². The Morgan fingerprint density at radius 2 is 1.87 bits per heavy atom. The second-order valence-corrected chi connectivity index (χ2v) is 3.38. The van der Waals surface area contributed by atoms with Crippen LogP contribution in [0.4, 0.5) is 17.6 Å². The van der Waals surface area contributed by atoms with E-state index >= 15 is 0 Å². The molecule has 0 saturated carbocycles. The smallest absolute Gasteiger partial charge is 0.260 e. The fourth-order valence-electron chi connectivity index (χ4n) is 1.26. The van der Waals surface area contributed by atoms with Crippen molar-refractivity contribution in [2.75, 3.05) is 7.05 Å². The Bertz CT molecular complexity index is 353. The summed E-state index contributed by atoms with van der Waals surface area (Å²) < 4.78 is 51.6. The van der Waals surface area contributed by atoms with E-state index in [1.165, 1.54) is 7.05 Å². The van der Waals surface area contributed by atoms with Crippen LogP contribution in [0.2, 0.25) is 0 Å². The topological polar surface area (TPSA) is 12.0 Å². The van der Waals surface area contributed by atoms with Crippen molar-refractivity contribution < 1.29 is 17.6 Å². The number of rotatable bonds is 3. The molecule has 0 aliphatic carbocycles. The molecule has 0 amide bonds. The Labute approximate surface area is 85.1 Å². The monoisotopic (exact) mass is 221 g/mol. The van der Waals surface area contributed by atoms with Gasteiger partial charge >= 0.3 is 0 Å². The zero-order valence-electron chi connectivity index (χ0n) is 8.32. The van der Waals surface area contributed by atoms with Gasteiger partial charge in [-0.05, 0) is 32.2 Å². The predicted molar refractivity (Wildman–Crippen MR) is 48.8 cm³/mol. The summed E-state index contributed by atoms with van der Waals surface area (Å²) in [5.74, 6) is -1.60. The molecule has 5 heteroatoms. The van der Waals surface area contributed by atoms with E-state index < -0.39 is 23.6 Å². The Morgan fingerprint density at radius 1 is 1.27 bits per heavy atom. The summed E-state index contributed by atoms with van der Waals surface area (Å²) >= 11 is 0. The van der Waals surface area contributed by atoms with Crippen molar-refractivity contribution >= 4 is 0 Å². The van der Waals surface area contributed by atoms with E-state index in [4.69, 9.17) is 0 Å². The van der Waals surface area contributed by atoms with Crippen LogP contribution >= 0.6 is 0 Å². The van der Waals surface area contributed by atoms with Crippen LogP contribution in [0.15, 0.2) is 18.2 Å². The van der Waals surface area contributed by atoms with Gasteiger partial charge in [-0.25, -0.2) is 17.6 Å². The third-order valence-corrected chi connectivity index (χ3v) is 2.44. The van der Waals surface area contributed by atoms with Crippen molar-refractivity contribution in [3.8, 4) is 0 Å².